The minimum absolute atomic E-state index is 0.0150. The first kappa shape index (κ1) is 21.2. The van der Waals surface area contributed by atoms with Crippen LogP contribution in [0.15, 0.2) is 71.6 Å². The van der Waals surface area contributed by atoms with Crippen molar-refractivity contribution in [3.8, 4) is 5.75 Å². The van der Waals surface area contributed by atoms with Crippen LogP contribution in [0.1, 0.15) is 11.1 Å². The lowest BCUT2D eigenvalue weighted by atomic mass is 10.2. The van der Waals surface area contributed by atoms with E-state index < -0.39 is 21.7 Å². The second kappa shape index (κ2) is 8.90. The van der Waals surface area contributed by atoms with Crippen molar-refractivity contribution in [1.29, 1.82) is 0 Å². The van der Waals surface area contributed by atoms with Crippen molar-refractivity contribution in [2.24, 2.45) is 0 Å². The number of nitrogens with zero attached hydrogens (tertiary/aromatic N) is 1. The molecule has 0 saturated carbocycles. The summed E-state index contributed by atoms with van der Waals surface area (Å²) in [4.78, 5) is 0.0537. The zero-order chi connectivity index (χ0) is 21.0. The van der Waals surface area contributed by atoms with Crippen LogP contribution in [0.25, 0.3) is 0 Å². The molecule has 3 rings (SSSR count). The van der Waals surface area contributed by atoms with Gasteiger partial charge in [0.1, 0.15) is 5.82 Å². The van der Waals surface area contributed by atoms with Crippen LogP contribution in [0, 0.1) is 11.6 Å². The molecule has 8 heteroatoms. The fraction of sp³-hybridized carbons (Fsp3) is 0.143. The Labute approximate surface area is 173 Å². The van der Waals surface area contributed by atoms with Crippen molar-refractivity contribution in [2.75, 3.05) is 7.11 Å². The predicted molar refractivity (Wildman–Crippen MR) is 107 cm³/mol. The minimum atomic E-state index is -3.93. The number of sulfonamides is 1. The van der Waals surface area contributed by atoms with E-state index in [1.54, 1.807) is 6.07 Å². The van der Waals surface area contributed by atoms with Gasteiger partial charge in [0.2, 0.25) is 10.0 Å². The maximum Gasteiger partial charge on any atom is 0.243 e. The third-order valence-electron chi connectivity index (χ3n) is 4.30. The first-order valence-corrected chi connectivity index (χ1v) is 10.4. The molecule has 0 amide bonds. The lowest BCUT2D eigenvalue weighted by molar-refractivity contribution is 0.382. The average Bonchev–Trinajstić information content (AvgIpc) is 2.69. The van der Waals surface area contributed by atoms with Crippen LogP contribution in [0.4, 0.5) is 8.78 Å². The van der Waals surface area contributed by atoms with Crippen LogP contribution < -0.4 is 4.74 Å². The SMILES string of the molecule is COc1ccc(CN(Cc2ccc(F)cc2)S(=O)(=O)c2ccc(Cl)cc2)cc1F. The molecular formula is C21H18ClF2NO3S. The molecule has 0 heterocycles. The highest BCUT2D eigenvalue weighted by Gasteiger charge is 2.25. The fourth-order valence-corrected chi connectivity index (χ4v) is 4.33. The Morgan fingerprint density at radius 1 is 0.897 bits per heavy atom. The third-order valence-corrected chi connectivity index (χ3v) is 6.36. The molecule has 0 unspecified atom stereocenters. The summed E-state index contributed by atoms with van der Waals surface area (Å²) in [5.74, 6) is -0.937. The Balaban J connectivity index is 1.97. The molecule has 29 heavy (non-hydrogen) atoms. The molecule has 0 saturated heterocycles. The van der Waals surface area contributed by atoms with Gasteiger partial charge in [0.15, 0.2) is 11.6 Å². The zero-order valence-corrected chi connectivity index (χ0v) is 17.1. The lowest BCUT2D eigenvalue weighted by Crippen LogP contribution is -2.30. The van der Waals surface area contributed by atoms with Crippen molar-refractivity contribution in [3.63, 3.8) is 0 Å². The molecule has 0 N–H and O–H groups in total. The molecule has 3 aromatic carbocycles. The van der Waals surface area contributed by atoms with Crippen molar-refractivity contribution >= 4 is 21.6 Å². The Morgan fingerprint density at radius 3 is 2.07 bits per heavy atom. The van der Waals surface area contributed by atoms with Gasteiger partial charge in [0.25, 0.3) is 0 Å². The van der Waals surface area contributed by atoms with Gasteiger partial charge in [-0.15, -0.1) is 0 Å². The maximum atomic E-state index is 14.1. The molecule has 4 nitrogen and oxygen atoms in total. The summed E-state index contributed by atoms with van der Waals surface area (Å²) in [6.07, 6.45) is 0. The van der Waals surface area contributed by atoms with Gasteiger partial charge in [-0.3, -0.25) is 0 Å². The van der Waals surface area contributed by atoms with Crippen LogP contribution in [-0.4, -0.2) is 19.8 Å². The van der Waals surface area contributed by atoms with E-state index in [-0.39, 0.29) is 23.7 Å². The quantitative estimate of drug-likeness (QED) is 0.521. The Hall–Kier alpha value is -2.48. The summed E-state index contributed by atoms with van der Waals surface area (Å²) in [6, 6.07) is 15.6. The Morgan fingerprint density at radius 2 is 1.48 bits per heavy atom. The lowest BCUT2D eigenvalue weighted by Gasteiger charge is -2.23. The van der Waals surface area contributed by atoms with Gasteiger partial charge in [-0.1, -0.05) is 29.8 Å². The molecule has 0 aromatic heterocycles. The molecule has 0 radical (unpaired) electrons. The minimum Gasteiger partial charge on any atom is -0.494 e. The maximum absolute atomic E-state index is 14.1. The smallest absolute Gasteiger partial charge is 0.243 e. The molecule has 3 aromatic rings. The zero-order valence-electron chi connectivity index (χ0n) is 15.5. The Kier molecular flexibility index (Phi) is 6.52. The molecule has 0 aliphatic carbocycles. The fourth-order valence-electron chi connectivity index (χ4n) is 2.79. The summed E-state index contributed by atoms with van der Waals surface area (Å²) < 4.78 is 59.9. The highest BCUT2D eigenvalue weighted by Crippen LogP contribution is 2.25. The molecular weight excluding hydrogens is 420 g/mol. The van der Waals surface area contributed by atoms with Gasteiger partial charge in [0.05, 0.1) is 12.0 Å². The van der Waals surface area contributed by atoms with Gasteiger partial charge in [-0.2, -0.15) is 4.31 Å². The molecule has 0 aliphatic heterocycles. The van der Waals surface area contributed by atoms with E-state index in [2.05, 4.69) is 0 Å². The van der Waals surface area contributed by atoms with Crippen LogP contribution in [0.2, 0.25) is 5.02 Å². The topological polar surface area (TPSA) is 46.6 Å². The number of benzene rings is 3. The largest absolute Gasteiger partial charge is 0.494 e. The van der Waals surface area contributed by atoms with E-state index in [1.165, 1.54) is 72.1 Å². The van der Waals surface area contributed by atoms with Crippen LogP contribution in [0.3, 0.4) is 0 Å². The molecule has 0 fully saturated rings. The van der Waals surface area contributed by atoms with E-state index >= 15 is 0 Å². The summed E-state index contributed by atoms with van der Waals surface area (Å²) in [5, 5.41) is 0.409. The summed E-state index contributed by atoms with van der Waals surface area (Å²) in [6.45, 7) is -0.0951. The van der Waals surface area contributed by atoms with Gasteiger partial charge in [0, 0.05) is 18.1 Å². The number of halogens is 3. The average molecular weight is 438 g/mol. The van der Waals surface area contributed by atoms with E-state index in [0.717, 1.165) is 0 Å². The number of hydrogen-bond donors (Lipinski definition) is 0. The van der Waals surface area contributed by atoms with E-state index in [9.17, 15) is 17.2 Å². The van der Waals surface area contributed by atoms with Crippen molar-refractivity contribution < 1.29 is 21.9 Å². The monoisotopic (exact) mass is 437 g/mol. The van der Waals surface area contributed by atoms with E-state index in [4.69, 9.17) is 16.3 Å². The highest BCUT2D eigenvalue weighted by molar-refractivity contribution is 7.89. The number of rotatable bonds is 7. The summed E-state index contributed by atoms with van der Waals surface area (Å²) >= 11 is 5.86. The molecule has 0 atom stereocenters. The predicted octanol–water partition coefficient (Wildman–Crippen LogP) is 5.02. The Bertz CT molecular complexity index is 1090. The van der Waals surface area contributed by atoms with Gasteiger partial charge >= 0.3 is 0 Å². The number of ether oxygens (including phenoxy) is 1. The van der Waals surface area contributed by atoms with E-state index in [1.807, 2.05) is 0 Å². The van der Waals surface area contributed by atoms with Gasteiger partial charge in [-0.25, -0.2) is 17.2 Å². The van der Waals surface area contributed by atoms with Crippen LogP contribution >= 0.6 is 11.6 Å². The summed E-state index contributed by atoms with van der Waals surface area (Å²) in [5.41, 5.74) is 1.04. The van der Waals surface area contributed by atoms with Crippen LogP contribution in [0.5, 0.6) is 5.75 Å². The van der Waals surface area contributed by atoms with Gasteiger partial charge in [-0.05, 0) is 59.7 Å². The van der Waals surface area contributed by atoms with Crippen molar-refractivity contribution in [1.82, 2.24) is 4.31 Å². The number of hydrogen-bond acceptors (Lipinski definition) is 3. The third kappa shape index (κ3) is 5.12. The van der Waals surface area contributed by atoms with Crippen molar-refractivity contribution in [2.45, 2.75) is 18.0 Å². The van der Waals surface area contributed by atoms with Crippen LogP contribution in [-0.2, 0) is 23.1 Å². The van der Waals surface area contributed by atoms with Crippen molar-refractivity contribution in [3.05, 3.63) is 94.5 Å². The molecule has 0 spiro atoms. The molecule has 152 valence electrons. The van der Waals surface area contributed by atoms with E-state index in [0.29, 0.717) is 16.1 Å². The molecule has 0 aliphatic rings. The summed E-state index contributed by atoms with van der Waals surface area (Å²) in [7, 11) is -2.57. The van der Waals surface area contributed by atoms with Gasteiger partial charge < -0.3 is 4.74 Å². The first-order valence-electron chi connectivity index (χ1n) is 8.62. The standard InChI is InChI=1S/C21H18ClF2NO3S/c1-28-21-11-4-16(12-20(21)24)14-25(13-15-2-7-18(23)8-3-15)29(26,27)19-9-5-17(22)6-10-19/h2-12H,13-14H2,1H3. The second-order valence-corrected chi connectivity index (χ2v) is 8.70. The normalized spacial score (nSPS) is 11.6. The molecule has 0 bridgehead atoms. The first-order chi connectivity index (χ1) is 13.8. The second-order valence-electron chi connectivity index (χ2n) is 6.32. The number of methoxy groups -OCH3 is 1. The highest BCUT2D eigenvalue weighted by atomic mass is 35.5.